The van der Waals surface area contributed by atoms with Gasteiger partial charge in [0.05, 0.1) is 26.4 Å². The van der Waals surface area contributed by atoms with Gasteiger partial charge in [0, 0.05) is 43.7 Å². The fraction of sp³-hybridized carbons (Fsp3) is 0.357. The van der Waals surface area contributed by atoms with Crippen LogP contribution < -0.4 is 9.47 Å². The van der Waals surface area contributed by atoms with Crippen LogP contribution in [0.15, 0.2) is 78.9 Å². The number of rotatable bonds is 8. The minimum absolute atomic E-state index is 0.0137. The van der Waals surface area contributed by atoms with Crippen LogP contribution >= 0.6 is 0 Å². The van der Waals surface area contributed by atoms with Gasteiger partial charge in [0.2, 0.25) is 0 Å². The molecule has 0 radical (unpaired) electrons. The van der Waals surface area contributed by atoms with E-state index in [0.717, 1.165) is 37.7 Å². The van der Waals surface area contributed by atoms with Gasteiger partial charge in [0.15, 0.2) is 0 Å². The monoisotopic (exact) mass is 444 g/mol. The maximum Gasteiger partial charge on any atom is 0.123 e. The van der Waals surface area contributed by atoms with E-state index in [2.05, 4.69) is 64.4 Å². The number of hydrogen-bond acceptors (Lipinski definition) is 5. The number of methoxy groups -OCH3 is 2. The summed E-state index contributed by atoms with van der Waals surface area (Å²) in [5, 5.41) is 10.4. The van der Waals surface area contributed by atoms with Gasteiger partial charge < -0.3 is 14.6 Å². The normalized spacial score (nSPS) is 21.9. The van der Waals surface area contributed by atoms with Gasteiger partial charge in [-0.1, -0.05) is 60.7 Å². The van der Waals surface area contributed by atoms with Crippen LogP contribution in [0.3, 0.4) is 0 Å². The van der Waals surface area contributed by atoms with Crippen molar-refractivity contribution < 1.29 is 14.6 Å². The maximum absolute atomic E-state index is 10.4. The smallest absolute Gasteiger partial charge is 0.123 e. The van der Waals surface area contributed by atoms with Crippen molar-refractivity contribution in [2.24, 2.45) is 0 Å². The molecule has 5 rings (SSSR count). The first-order chi connectivity index (χ1) is 16.2. The van der Waals surface area contributed by atoms with Gasteiger partial charge in [-0.25, -0.2) is 0 Å². The molecule has 172 valence electrons. The van der Waals surface area contributed by atoms with Crippen molar-refractivity contribution in [3.63, 3.8) is 0 Å². The predicted octanol–water partition coefficient (Wildman–Crippen LogP) is 3.92. The number of benzene rings is 3. The summed E-state index contributed by atoms with van der Waals surface area (Å²) in [6.07, 6.45) is 0. The standard InChI is InChI=1S/C28H32N2O3/c1-32-24-13-8-9-21(15-24)16-30-25(18-31)27(22-10-4-3-5-11-22)28(30)19-29(20-28)17-23-12-6-7-14-26(23)33-2/h3-15,25,27,31H,16-20H2,1-2H3/t25-,27-/m1/s1. The van der Waals surface area contributed by atoms with Crippen LogP contribution in [0, 0.1) is 0 Å². The average molecular weight is 445 g/mol. The van der Waals surface area contributed by atoms with Gasteiger partial charge in [-0.15, -0.1) is 0 Å². The summed E-state index contributed by atoms with van der Waals surface area (Å²) in [4.78, 5) is 5.00. The second-order valence-corrected chi connectivity index (χ2v) is 9.18. The van der Waals surface area contributed by atoms with Crippen LogP contribution in [0.4, 0.5) is 0 Å². The highest BCUT2D eigenvalue weighted by atomic mass is 16.5. The van der Waals surface area contributed by atoms with Crippen molar-refractivity contribution in [3.05, 3.63) is 95.6 Å². The Bertz CT molecular complexity index is 1080. The molecule has 2 heterocycles. The largest absolute Gasteiger partial charge is 0.497 e. The molecule has 3 aromatic rings. The van der Waals surface area contributed by atoms with Crippen LogP contribution in [-0.4, -0.2) is 60.4 Å². The van der Waals surface area contributed by atoms with Crippen LogP contribution in [0.1, 0.15) is 22.6 Å². The van der Waals surface area contributed by atoms with Gasteiger partial charge in [-0.05, 0) is 29.3 Å². The predicted molar refractivity (Wildman–Crippen MR) is 130 cm³/mol. The zero-order valence-corrected chi connectivity index (χ0v) is 19.4. The second kappa shape index (κ2) is 9.18. The number of likely N-dealkylation sites (tertiary alicyclic amines) is 2. The molecule has 0 bridgehead atoms. The highest BCUT2D eigenvalue weighted by molar-refractivity contribution is 5.39. The summed E-state index contributed by atoms with van der Waals surface area (Å²) in [5.41, 5.74) is 3.75. The maximum atomic E-state index is 10.4. The topological polar surface area (TPSA) is 45.2 Å². The zero-order chi connectivity index (χ0) is 22.8. The average Bonchev–Trinajstić information content (AvgIpc) is 2.84. The molecule has 3 aromatic carbocycles. The molecule has 5 heteroatoms. The second-order valence-electron chi connectivity index (χ2n) is 9.18. The molecule has 2 aliphatic rings. The van der Waals surface area contributed by atoms with Gasteiger partial charge >= 0.3 is 0 Å². The summed E-state index contributed by atoms with van der Waals surface area (Å²) in [6.45, 7) is 3.74. The Kier molecular flexibility index (Phi) is 6.11. The highest BCUT2D eigenvalue weighted by Crippen LogP contribution is 2.54. The van der Waals surface area contributed by atoms with E-state index < -0.39 is 0 Å². The van der Waals surface area contributed by atoms with Crippen LogP contribution in [0.2, 0.25) is 0 Å². The number of nitrogens with zero attached hydrogens (tertiary/aromatic N) is 2. The lowest BCUT2D eigenvalue weighted by Crippen LogP contribution is -2.83. The van der Waals surface area contributed by atoms with E-state index in [1.807, 2.05) is 24.3 Å². The van der Waals surface area contributed by atoms with E-state index in [1.165, 1.54) is 16.7 Å². The van der Waals surface area contributed by atoms with Crippen molar-refractivity contribution in [3.8, 4) is 11.5 Å². The van der Waals surface area contributed by atoms with Gasteiger partial charge in [-0.2, -0.15) is 0 Å². The SMILES string of the molecule is COc1cccc(CN2[C@H](CO)[C@@H](c3ccccc3)C23CN(Cc2ccccc2OC)C3)c1. The van der Waals surface area contributed by atoms with Crippen LogP contribution in [0.5, 0.6) is 11.5 Å². The molecule has 5 nitrogen and oxygen atoms in total. The minimum Gasteiger partial charge on any atom is -0.497 e. The summed E-state index contributed by atoms with van der Waals surface area (Å²) >= 11 is 0. The lowest BCUT2D eigenvalue weighted by atomic mass is 9.60. The number of para-hydroxylation sites is 1. The Morgan fingerprint density at radius 2 is 1.64 bits per heavy atom. The molecular formula is C28H32N2O3. The number of aliphatic hydroxyl groups excluding tert-OH is 1. The number of aliphatic hydroxyl groups is 1. The Labute approximate surface area is 196 Å². The van der Waals surface area contributed by atoms with E-state index in [9.17, 15) is 5.11 Å². The van der Waals surface area contributed by atoms with Crippen molar-refractivity contribution in [2.75, 3.05) is 33.9 Å². The Morgan fingerprint density at radius 1 is 0.879 bits per heavy atom. The fourth-order valence-electron chi connectivity index (χ4n) is 5.90. The van der Waals surface area contributed by atoms with Gasteiger partial charge in [0.25, 0.3) is 0 Å². The molecule has 1 N–H and O–H groups in total. The molecular weight excluding hydrogens is 412 g/mol. The molecule has 0 saturated carbocycles. The Morgan fingerprint density at radius 3 is 2.36 bits per heavy atom. The van der Waals surface area contributed by atoms with Crippen LogP contribution in [0.25, 0.3) is 0 Å². The van der Waals surface area contributed by atoms with Crippen LogP contribution in [-0.2, 0) is 13.1 Å². The Hall–Kier alpha value is -2.86. The molecule has 2 saturated heterocycles. The third kappa shape index (κ3) is 3.90. The molecule has 1 spiro atoms. The highest BCUT2D eigenvalue weighted by Gasteiger charge is 2.65. The quantitative estimate of drug-likeness (QED) is 0.571. The molecule has 2 fully saturated rings. The van der Waals surface area contributed by atoms with Crippen molar-refractivity contribution in [1.82, 2.24) is 9.80 Å². The first-order valence-corrected chi connectivity index (χ1v) is 11.6. The third-order valence-electron chi connectivity index (χ3n) is 7.35. The zero-order valence-electron chi connectivity index (χ0n) is 19.4. The van der Waals surface area contributed by atoms with E-state index in [1.54, 1.807) is 14.2 Å². The fourth-order valence-corrected chi connectivity index (χ4v) is 5.90. The van der Waals surface area contributed by atoms with Crippen molar-refractivity contribution >= 4 is 0 Å². The third-order valence-corrected chi connectivity index (χ3v) is 7.35. The van der Waals surface area contributed by atoms with E-state index in [4.69, 9.17) is 9.47 Å². The van der Waals surface area contributed by atoms with E-state index in [-0.39, 0.29) is 18.2 Å². The first-order valence-electron chi connectivity index (χ1n) is 11.6. The first kappa shape index (κ1) is 22.0. The molecule has 0 amide bonds. The summed E-state index contributed by atoms with van der Waals surface area (Å²) < 4.78 is 11.0. The van der Waals surface area contributed by atoms with Crippen molar-refractivity contribution in [1.29, 1.82) is 0 Å². The Balaban J connectivity index is 1.41. The molecule has 33 heavy (non-hydrogen) atoms. The number of hydrogen-bond donors (Lipinski definition) is 1. The molecule has 2 atom stereocenters. The lowest BCUT2D eigenvalue weighted by Gasteiger charge is -2.71. The van der Waals surface area contributed by atoms with Crippen molar-refractivity contribution in [2.45, 2.75) is 30.6 Å². The summed E-state index contributed by atoms with van der Waals surface area (Å²) in [5.74, 6) is 2.12. The van der Waals surface area contributed by atoms with E-state index in [0.29, 0.717) is 5.92 Å². The summed E-state index contributed by atoms with van der Waals surface area (Å²) in [7, 11) is 3.43. The number of ether oxygens (including phenoxy) is 2. The minimum atomic E-state index is 0.0137. The molecule has 0 aromatic heterocycles. The molecule has 0 unspecified atom stereocenters. The molecule has 0 aliphatic carbocycles. The lowest BCUT2D eigenvalue weighted by molar-refractivity contribution is -0.198. The van der Waals surface area contributed by atoms with Gasteiger partial charge in [-0.3, -0.25) is 9.80 Å². The molecule has 2 aliphatic heterocycles. The van der Waals surface area contributed by atoms with Gasteiger partial charge in [0.1, 0.15) is 11.5 Å². The van der Waals surface area contributed by atoms with E-state index >= 15 is 0 Å². The summed E-state index contributed by atoms with van der Waals surface area (Å²) in [6, 6.07) is 27.3.